The van der Waals surface area contributed by atoms with Gasteiger partial charge in [0.1, 0.15) is 11.5 Å². The predicted octanol–water partition coefficient (Wildman–Crippen LogP) is 4.82. The van der Waals surface area contributed by atoms with Crippen molar-refractivity contribution < 1.29 is 18.7 Å². The molecule has 3 aromatic rings. The van der Waals surface area contributed by atoms with E-state index in [1.807, 2.05) is 49.4 Å². The van der Waals surface area contributed by atoms with Crippen LogP contribution in [0.25, 0.3) is 0 Å². The lowest BCUT2D eigenvalue weighted by molar-refractivity contribution is -0.113. The monoisotopic (exact) mass is 427 g/mol. The number of methoxy groups -OCH3 is 1. The van der Waals surface area contributed by atoms with Crippen molar-refractivity contribution in [3.05, 3.63) is 59.5 Å². The number of carbonyl (C=O) groups is 1. The molecule has 158 valence electrons. The van der Waals surface area contributed by atoms with Gasteiger partial charge in [-0.3, -0.25) is 4.79 Å². The average molecular weight is 428 g/mol. The van der Waals surface area contributed by atoms with Crippen LogP contribution >= 0.6 is 11.8 Å². The summed E-state index contributed by atoms with van der Waals surface area (Å²) in [7, 11) is 1.57. The Morgan fingerprint density at radius 3 is 2.63 bits per heavy atom. The molecule has 0 fully saturated rings. The minimum atomic E-state index is -0.190. The fraction of sp³-hybridized carbons (Fsp3) is 0.318. The van der Waals surface area contributed by atoms with Gasteiger partial charge in [0.15, 0.2) is 6.61 Å². The van der Waals surface area contributed by atoms with E-state index in [-0.39, 0.29) is 18.3 Å². The number of hydrogen-bond acceptors (Lipinski definition) is 7. The van der Waals surface area contributed by atoms with E-state index < -0.39 is 0 Å². The molecule has 0 unspecified atom stereocenters. The summed E-state index contributed by atoms with van der Waals surface area (Å²) in [5.74, 6) is 2.11. The normalized spacial score (nSPS) is 10.8. The molecule has 1 amide bonds. The maximum Gasteiger partial charge on any atom is 0.277 e. The molecule has 7 nitrogen and oxygen atoms in total. The smallest absolute Gasteiger partial charge is 0.277 e. The van der Waals surface area contributed by atoms with Crippen molar-refractivity contribution in [2.24, 2.45) is 0 Å². The number of ether oxygens (including phenoxy) is 2. The molecule has 0 radical (unpaired) electrons. The molecule has 0 spiro atoms. The maximum atomic E-state index is 12.3. The quantitative estimate of drug-likeness (QED) is 0.490. The number of amides is 1. The van der Waals surface area contributed by atoms with Gasteiger partial charge in [-0.2, -0.15) is 0 Å². The molecule has 1 aromatic heterocycles. The third-order valence-electron chi connectivity index (χ3n) is 4.31. The van der Waals surface area contributed by atoms with E-state index in [1.165, 1.54) is 5.56 Å². The molecule has 1 N–H and O–H groups in total. The zero-order chi connectivity index (χ0) is 21.5. The highest BCUT2D eigenvalue weighted by molar-refractivity contribution is 7.99. The third-order valence-corrected chi connectivity index (χ3v) is 5.13. The van der Waals surface area contributed by atoms with Crippen LogP contribution in [0.15, 0.2) is 52.1 Å². The van der Waals surface area contributed by atoms with E-state index in [4.69, 9.17) is 13.9 Å². The van der Waals surface area contributed by atoms with E-state index in [0.717, 1.165) is 23.1 Å². The summed E-state index contributed by atoms with van der Waals surface area (Å²) in [6.45, 7) is 6.40. The summed E-state index contributed by atoms with van der Waals surface area (Å²) in [5.41, 5.74) is 2.91. The van der Waals surface area contributed by atoms with Crippen LogP contribution in [0, 0.1) is 6.92 Å². The molecule has 0 aliphatic heterocycles. The van der Waals surface area contributed by atoms with Gasteiger partial charge in [-0.25, -0.2) is 0 Å². The number of nitrogens with one attached hydrogen (secondary N) is 1. The molecule has 8 heteroatoms. The lowest BCUT2D eigenvalue weighted by atomic mass is 10.0. The second-order valence-electron chi connectivity index (χ2n) is 7.01. The number of rotatable bonds is 9. The van der Waals surface area contributed by atoms with Crippen LogP contribution in [0.1, 0.15) is 36.8 Å². The van der Waals surface area contributed by atoms with Crippen molar-refractivity contribution in [2.45, 2.75) is 38.5 Å². The van der Waals surface area contributed by atoms with E-state index >= 15 is 0 Å². The Bertz CT molecular complexity index is 986. The first-order valence-corrected chi connectivity index (χ1v) is 10.6. The summed E-state index contributed by atoms with van der Waals surface area (Å²) < 4.78 is 16.5. The Morgan fingerprint density at radius 2 is 1.93 bits per heavy atom. The van der Waals surface area contributed by atoms with Gasteiger partial charge in [-0.1, -0.05) is 43.8 Å². The van der Waals surface area contributed by atoms with Crippen LogP contribution < -0.4 is 14.8 Å². The van der Waals surface area contributed by atoms with Crippen LogP contribution in [-0.4, -0.2) is 29.0 Å². The van der Waals surface area contributed by atoms with Crippen molar-refractivity contribution >= 4 is 23.4 Å². The van der Waals surface area contributed by atoms with Gasteiger partial charge in [0, 0.05) is 0 Å². The first-order chi connectivity index (χ1) is 14.4. The highest BCUT2D eigenvalue weighted by Gasteiger charge is 2.12. The number of carbonyl (C=O) groups excluding carboxylic acids is 1. The number of hydrogen-bond donors (Lipinski definition) is 1. The largest absolute Gasteiger partial charge is 0.495 e. The minimum absolute atomic E-state index is 0.135. The summed E-state index contributed by atoms with van der Waals surface area (Å²) in [5, 5.41) is 11.1. The van der Waals surface area contributed by atoms with Gasteiger partial charge in [-0.05, 0) is 48.2 Å². The Hall–Kier alpha value is -3.00. The Morgan fingerprint density at radius 1 is 1.17 bits per heavy atom. The molecular weight excluding hydrogens is 402 g/mol. The lowest BCUT2D eigenvalue weighted by Crippen LogP contribution is -2.14. The van der Waals surface area contributed by atoms with Gasteiger partial charge < -0.3 is 19.2 Å². The number of anilines is 1. The summed E-state index contributed by atoms with van der Waals surface area (Å²) in [4.78, 5) is 12.3. The number of thioether (sulfide) groups is 1. The fourth-order valence-electron chi connectivity index (χ4n) is 2.68. The molecule has 1 heterocycles. The van der Waals surface area contributed by atoms with Crippen molar-refractivity contribution in [2.75, 3.05) is 18.2 Å². The third kappa shape index (κ3) is 6.00. The first-order valence-electron chi connectivity index (χ1n) is 9.57. The number of aromatic nitrogens is 2. The summed E-state index contributed by atoms with van der Waals surface area (Å²) in [6.07, 6.45) is 0. The van der Waals surface area contributed by atoms with Crippen LogP contribution in [0.4, 0.5) is 5.69 Å². The van der Waals surface area contributed by atoms with Crippen LogP contribution in [0.5, 0.6) is 11.5 Å². The Kier molecular flexibility index (Phi) is 7.35. The first kappa shape index (κ1) is 21.7. The molecule has 0 aliphatic rings. The highest BCUT2D eigenvalue weighted by atomic mass is 32.2. The molecule has 0 saturated carbocycles. The topological polar surface area (TPSA) is 86.5 Å². The molecule has 0 bridgehead atoms. The molecule has 2 aromatic carbocycles. The standard InChI is InChI=1S/C22H25N3O4S/c1-14(2)16-6-8-17(9-7-16)28-12-21-24-25-22(29-21)30-13-20(26)23-18-11-15(3)5-10-19(18)27-4/h5-11,14H,12-13H2,1-4H3,(H,23,26). The zero-order valence-corrected chi connectivity index (χ0v) is 18.3. The molecule has 0 saturated heterocycles. The van der Waals surface area contributed by atoms with Crippen molar-refractivity contribution in [1.82, 2.24) is 10.2 Å². The molecule has 0 aliphatic carbocycles. The van der Waals surface area contributed by atoms with E-state index in [0.29, 0.717) is 28.5 Å². The highest BCUT2D eigenvalue weighted by Crippen LogP contribution is 2.26. The second kappa shape index (κ2) is 10.2. The van der Waals surface area contributed by atoms with E-state index in [1.54, 1.807) is 7.11 Å². The van der Waals surface area contributed by atoms with Crippen LogP contribution in [0.3, 0.4) is 0 Å². The summed E-state index contributed by atoms with van der Waals surface area (Å²) >= 11 is 1.16. The Labute approximate surface area is 180 Å². The van der Waals surface area contributed by atoms with E-state index in [9.17, 15) is 4.79 Å². The van der Waals surface area contributed by atoms with Gasteiger partial charge in [0.25, 0.3) is 11.1 Å². The second-order valence-corrected chi connectivity index (χ2v) is 7.94. The number of nitrogens with zero attached hydrogens (tertiary/aromatic N) is 2. The SMILES string of the molecule is COc1ccc(C)cc1NC(=O)CSc1nnc(COc2ccc(C(C)C)cc2)o1. The van der Waals surface area contributed by atoms with Crippen LogP contribution in [0.2, 0.25) is 0 Å². The van der Waals surface area contributed by atoms with Gasteiger partial charge in [0.05, 0.1) is 18.6 Å². The Balaban J connectivity index is 1.48. The molecular formula is C22H25N3O4S. The minimum Gasteiger partial charge on any atom is -0.495 e. The number of benzene rings is 2. The number of aryl methyl sites for hydroxylation is 1. The van der Waals surface area contributed by atoms with Gasteiger partial charge >= 0.3 is 0 Å². The average Bonchev–Trinajstić information content (AvgIpc) is 3.19. The maximum absolute atomic E-state index is 12.3. The van der Waals surface area contributed by atoms with Gasteiger partial charge in [0.2, 0.25) is 5.91 Å². The lowest BCUT2D eigenvalue weighted by Gasteiger charge is -2.10. The van der Waals surface area contributed by atoms with Crippen molar-refractivity contribution in [3.8, 4) is 11.5 Å². The van der Waals surface area contributed by atoms with E-state index in [2.05, 4.69) is 29.4 Å². The van der Waals surface area contributed by atoms with Crippen LogP contribution in [-0.2, 0) is 11.4 Å². The fourth-order valence-corrected chi connectivity index (χ4v) is 3.26. The van der Waals surface area contributed by atoms with Crippen molar-refractivity contribution in [3.63, 3.8) is 0 Å². The molecule has 3 rings (SSSR count). The zero-order valence-electron chi connectivity index (χ0n) is 17.5. The van der Waals surface area contributed by atoms with Gasteiger partial charge in [-0.15, -0.1) is 10.2 Å². The predicted molar refractivity (Wildman–Crippen MR) is 116 cm³/mol. The molecule has 0 atom stereocenters. The van der Waals surface area contributed by atoms with Crippen molar-refractivity contribution in [1.29, 1.82) is 0 Å². The molecule has 30 heavy (non-hydrogen) atoms. The summed E-state index contributed by atoms with van der Waals surface area (Å²) in [6, 6.07) is 13.5.